The van der Waals surface area contributed by atoms with Crippen LogP contribution in [0.2, 0.25) is 0 Å². The molecule has 1 unspecified atom stereocenters. The van der Waals surface area contributed by atoms with E-state index in [1.54, 1.807) is 32.2 Å². The monoisotopic (exact) mass is 374 g/mol. The zero-order valence-electron chi connectivity index (χ0n) is 16.4. The van der Waals surface area contributed by atoms with Gasteiger partial charge in [-0.2, -0.15) is 0 Å². The SMILES string of the molecule is COCCCN1CC2(CCCN(C(=O)c3cccc(C)c3O)C2)CCC1=O. The Kier molecular flexibility index (Phi) is 6.05. The Balaban J connectivity index is 1.72. The largest absolute Gasteiger partial charge is 0.507 e. The Labute approximate surface area is 161 Å². The Morgan fingerprint density at radius 1 is 1.30 bits per heavy atom. The lowest BCUT2D eigenvalue weighted by molar-refractivity contribution is -0.139. The molecule has 6 nitrogen and oxygen atoms in total. The van der Waals surface area contributed by atoms with Crippen LogP contribution in [0, 0.1) is 12.3 Å². The van der Waals surface area contributed by atoms with Crippen LogP contribution in [0.25, 0.3) is 0 Å². The van der Waals surface area contributed by atoms with Crippen LogP contribution in [0.4, 0.5) is 0 Å². The molecule has 2 amide bonds. The Bertz CT molecular complexity index is 705. The number of hydrogen-bond acceptors (Lipinski definition) is 4. The van der Waals surface area contributed by atoms with Gasteiger partial charge in [0.15, 0.2) is 0 Å². The third kappa shape index (κ3) is 4.26. The molecule has 148 valence electrons. The lowest BCUT2D eigenvalue weighted by atomic mass is 9.73. The normalized spacial score (nSPS) is 23.1. The number of phenols is 1. The Morgan fingerprint density at radius 2 is 2.11 bits per heavy atom. The molecule has 0 radical (unpaired) electrons. The van der Waals surface area contributed by atoms with Crippen LogP contribution < -0.4 is 0 Å². The van der Waals surface area contributed by atoms with Crippen molar-refractivity contribution in [1.29, 1.82) is 0 Å². The number of likely N-dealkylation sites (tertiary alicyclic amines) is 2. The topological polar surface area (TPSA) is 70.1 Å². The summed E-state index contributed by atoms with van der Waals surface area (Å²) in [6.07, 6.45) is 4.17. The maximum absolute atomic E-state index is 13.0. The van der Waals surface area contributed by atoms with E-state index in [-0.39, 0.29) is 23.0 Å². The predicted molar refractivity (Wildman–Crippen MR) is 103 cm³/mol. The number of phenolic OH excluding ortho intramolecular Hbond substituents is 1. The van der Waals surface area contributed by atoms with Crippen LogP contribution in [-0.2, 0) is 9.53 Å². The molecule has 2 saturated heterocycles. The molecule has 0 aliphatic carbocycles. The van der Waals surface area contributed by atoms with Crippen LogP contribution in [0.3, 0.4) is 0 Å². The van der Waals surface area contributed by atoms with Crippen LogP contribution in [0.5, 0.6) is 5.75 Å². The number of amides is 2. The third-order valence-electron chi connectivity index (χ3n) is 5.94. The van der Waals surface area contributed by atoms with Crippen molar-refractivity contribution in [2.45, 2.75) is 39.0 Å². The molecule has 1 N–H and O–H groups in total. The lowest BCUT2D eigenvalue weighted by Crippen LogP contribution is -2.55. The van der Waals surface area contributed by atoms with Gasteiger partial charge in [0.25, 0.3) is 5.91 Å². The van der Waals surface area contributed by atoms with E-state index in [0.29, 0.717) is 50.3 Å². The van der Waals surface area contributed by atoms with E-state index in [1.165, 1.54) is 0 Å². The van der Waals surface area contributed by atoms with Gasteiger partial charge >= 0.3 is 0 Å². The Hall–Kier alpha value is -2.08. The second kappa shape index (κ2) is 8.30. The van der Waals surface area contributed by atoms with E-state index in [1.807, 2.05) is 9.80 Å². The Morgan fingerprint density at radius 3 is 2.89 bits per heavy atom. The predicted octanol–water partition coefficient (Wildman–Crippen LogP) is 2.58. The zero-order valence-corrected chi connectivity index (χ0v) is 16.4. The summed E-state index contributed by atoms with van der Waals surface area (Å²) in [5, 5.41) is 10.3. The minimum atomic E-state index is -0.113. The van der Waals surface area contributed by atoms with E-state index in [9.17, 15) is 14.7 Å². The average molecular weight is 374 g/mol. The third-order valence-corrected chi connectivity index (χ3v) is 5.94. The number of aromatic hydroxyl groups is 1. The quantitative estimate of drug-likeness (QED) is 0.804. The van der Waals surface area contributed by atoms with Gasteiger partial charge in [-0.15, -0.1) is 0 Å². The van der Waals surface area contributed by atoms with Gasteiger partial charge in [0, 0.05) is 51.7 Å². The van der Waals surface area contributed by atoms with E-state index in [0.717, 1.165) is 25.7 Å². The van der Waals surface area contributed by atoms with Gasteiger partial charge in [-0.3, -0.25) is 9.59 Å². The first-order valence-electron chi connectivity index (χ1n) is 9.80. The van der Waals surface area contributed by atoms with E-state index >= 15 is 0 Å². The first kappa shape index (κ1) is 19.7. The fourth-order valence-corrected chi connectivity index (χ4v) is 4.42. The van der Waals surface area contributed by atoms with Gasteiger partial charge in [-0.25, -0.2) is 0 Å². The molecule has 2 fully saturated rings. The molecule has 1 aromatic rings. The number of methoxy groups -OCH3 is 1. The van der Waals surface area contributed by atoms with Crippen molar-refractivity contribution in [3.63, 3.8) is 0 Å². The molecule has 0 saturated carbocycles. The number of nitrogens with zero attached hydrogens (tertiary/aromatic N) is 2. The second-order valence-corrected chi connectivity index (χ2v) is 7.96. The number of rotatable bonds is 5. The summed E-state index contributed by atoms with van der Waals surface area (Å²) in [5.41, 5.74) is 1.05. The van der Waals surface area contributed by atoms with Crippen molar-refractivity contribution in [2.75, 3.05) is 39.9 Å². The highest BCUT2D eigenvalue weighted by molar-refractivity contribution is 5.97. The van der Waals surface area contributed by atoms with Crippen molar-refractivity contribution >= 4 is 11.8 Å². The zero-order chi connectivity index (χ0) is 19.4. The smallest absolute Gasteiger partial charge is 0.257 e. The number of carbonyl (C=O) groups excluding carboxylic acids is 2. The number of para-hydroxylation sites is 1. The second-order valence-electron chi connectivity index (χ2n) is 7.96. The molecule has 27 heavy (non-hydrogen) atoms. The van der Waals surface area contributed by atoms with Crippen LogP contribution in [-0.4, -0.2) is 66.6 Å². The van der Waals surface area contributed by atoms with Gasteiger partial charge in [-0.1, -0.05) is 12.1 Å². The number of benzene rings is 1. The van der Waals surface area contributed by atoms with E-state index in [2.05, 4.69) is 0 Å². The first-order chi connectivity index (χ1) is 13.0. The van der Waals surface area contributed by atoms with Crippen LogP contribution in [0.15, 0.2) is 18.2 Å². The summed E-state index contributed by atoms with van der Waals surface area (Å²) in [6, 6.07) is 5.29. The first-order valence-corrected chi connectivity index (χ1v) is 9.80. The number of piperidine rings is 2. The van der Waals surface area contributed by atoms with Gasteiger partial charge < -0.3 is 19.6 Å². The minimum absolute atomic E-state index is 0.0334. The molecule has 1 atom stereocenters. The maximum atomic E-state index is 13.0. The fourth-order valence-electron chi connectivity index (χ4n) is 4.42. The maximum Gasteiger partial charge on any atom is 0.257 e. The van der Waals surface area contributed by atoms with E-state index in [4.69, 9.17) is 4.74 Å². The molecule has 2 heterocycles. The highest BCUT2D eigenvalue weighted by Gasteiger charge is 2.42. The summed E-state index contributed by atoms with van der Waals surface area (Å²) in [4.78, 5) is 29.1. The summed E-state index contributed by atoms with van der Waals surface area (Å²) in [6.45, 7) is 5.21. The summed E-state index contributed by atoms with van der Waals surface area (Å²) < 4.78 is 5.11. The standard InChI is InChI=1S/C21H30N2O4/c1-16-6-3-7-17(19(16)25)20(26)23-11-4-9-21(15-23)10-8-18(24)22(14-21)12-5-13-27-2/h3,6-7,25H,4-5,8-15H2,1-2H3. The molecule has 0 bridgehead atoms. The molecule has 2 aliphatic heterocycles. The van der Waals surface area contributed by atoms with Crippen molar-refractivity contribution in [1.82, 2.24) is 9.80 Å². The van der Waals surface area contributed by atoms with Crippen molar-refractivity contribution in [2.24, 2.45) is 5.41 Å². The summed E-state index contributed by atoms with van der Waals surface area (Å²) in [7, 11) is 1.67. The summed E-state index contributed by atoms with van der Waals surface area (Å²) in [5.74, 6) is 0.164. The number of aryl methyl sites for hydroxylation is 1. The summed E-state index contributed by atoms with van der Waals surface area (Å²) >= 11 is 0. The van der Waals surface area contributed by atoms with Crippen LogP contribution in [0.1, 0.15) is 48.0 Å². The number of ether oxygens (including phenoxy) is 1. The van der Waals surface area contributed by atoms with Gasteiger partial charge in [0.05, 0.1) is 5.56 Å². The highest BCUT2D eigenvalue weighted by atomic mass is 16.5. The molecule has 0 aromatic heterocycles. The van der Waals surface area contributed by atoms with Gasteiger partial charge in [-0.05, 0) is 44.2 Å². The molecule has 2 aliphatic rings. The number of hydrogen-bond donors (Lipinski definition) is 1. The molecule has 3 rings (SSSR count). The lowest BCUT2D eigenvalue weighted by Gasteiger charge is -2.48. The fraction of sp³-hybridized carbons (Fsp3) is 0.619. The average Bonchev–Trinajstić information content (AvgIpc) is 2.67. The molecule has 6 heteroatoms. The molecule has 1 aromatic carbocycles. The van der Waals surface area contributed by atoms with Crippen LogP contribution >= 0.6 is 0 Å². The molecular formula is C21H30N2O4. The highest BCUT2D eigenvalue weighted by Crippen LogP contribution is 2.39. The van der Waals surface area contributed by atoms with Crippen molar-refractivity contribution in [3.05, 3.63) is 29.3 Å². The minimum Gasteiger partial charge on any atom is -0.507 e. The van der Waals surface area contributed by atoms with E-state index < -0.39 is 0 Å². The van der Waals surface area contributed by atoms with Crippen molar-refractivity contribution < 1.29 is 19.4 Å². The van der Waals surface area contributed by atoms with Gasteiger partial charge in [0.2, 0.25) is 5.91 Å². The van der Waals surface area contributed by atoms with Gasteiger partial charge in [0.1, 0.15) is 5.75 Å². The van der Waals surface area contributed by atoms with Crippen molar-refractivity contribution in [3.8, 4) is 5.75 Å². The number of carbonyl (C=O) groups is 2. The molecule has 1 spiro atoms. The molecular weight excluding hydrogens is 344 g/mol.